The van der Waals surface area contributed by atoms with E-state index in [9.17, 15) is 0 Å². The quantitative estimate of drug-likeness (QED) is 0.876. The van der Waals surface area contributed by atoms with Gasteiger partial charge in [0.1, 0.15) is 5.75 Å². The van der Waals surface area contributed by atoms with Crippen molar-refractivity contribution in [3.05, 3.63) is 71.8 Å². The fourth-order valence-electron chi connectivity index (χ4n) is 2.80. The third-order valence-corrected chi connectivity index (χ3v) is 4.70. The molecule has 2 rings (SSSR count). The third kappa shape index (κ3) is 2.87. The van der Waals surface area contributed by atoms with Crippen LogP contribution in [0.2, 0.25) is 0 Å². The van der Waals surface area contributed by atoms with Crippen molar-refractivity contribution in [2.45, 2.75) is 26.2 Å². The van der Waals surface area contributed by atoms with Crippen LogP contribution in [0.25, 0.3) is 5.70 Å². The minimum Gasteiger partial charge on any atom is -0.497 e. The Bertz CT molecular complexity index is 640. The van der Waals surface area contributed by atoms with Crippen molar-refractivity contribution in [1.29, 1.82) is 0 Å². The summed E-state index contributed by atoms with van der Waals surface area (Å²) in [5, 5.41) is 0. The van der Waals surface area contributed by atoms with Gasteiger partial charge < -0.3 is 10.5 Å². The minimum atomic E-state index is -0.0687. The molecule has 0 aliphatic heterocycles. The second kappa shape index (κ2) is 6.27. The highest BCUT2D eigenvalue weighted by Crippen LogP contribution is 2.39. The van der Waals surface area contributed by atoms with Crippen LogP contribution in [0.5, 0.6) is 5.75 Å². The predicted molar refractivity (Wildman–Crippen MR) is 93.9 cm³/mol. The molecule has 0 radical (unpaired) electrons. The van der Waals surface area contributed by atoms with Gasteiger partial charge >= 0.3 is 0 Å². The maximum absolute atomic E-state index is 5.77. The van der Waals surface area contributed by atoms with Gasteiger partial charge in [-0.25, -0.2) is 0 Å². The molecule has 2 nitrogen and oxygen atoms in total. The Morgan fingerprint density at radius 1 is 1.00 bits per heavy atom. The van der Waals surface area contributed by atoms with Gasteiger partial charge in [-0.2, -0.15) is 0 Å². The molecule has 0 heterocycles. The van der Waals surface area contributed by atoms with Crippen LogP contribution in [0, 0.1) is 5.92 Å². The lowest BCUT2D eigenvalue weighted by atomic mass is 9.68. The molecule has 1 unspecified atom stereocenters. The standard InChI is InChI=1S/C20H25NO/c1-14(2)20(4,18-10-12-19(22-5)13-11-18)17-8-6-16(7-9-17)15(3)21/h6-14H,3,21H2,1-2,4-5H3. The van der Waals surface area contributed by atoms with E-state index in [1.807, 2.05) is 24.3 Å². The number of ether oxygens (including phenoxy) is 1. The van der Waals surface area contributed by atoms with Gasteiger partial charge in [0.2, 0.25) is 0 Å². The van der Waals surface area contributed by atoms with Crippen LogP contribution in [-0.2, 0) is 5.41 Å². The van der Waals surface area contributed by atoms with Crippen LogP contribution in [0.4, 0.5) is 0 Å². The zero-order valence-electron chi connectivity index (χ0n) is 13.9. The van der Waals surface area contributed by atoms with E-state index in [-0.39, 0.29) is 5.41 Å². The smallest absolute Gasteiger partial charge is 0.118 e. The number of rotatable bonds is 5. The first-order valence-corrected chi connectivity index (χ1v) is 7.59. The Kier molecular flexibility index (Phi) is 4.60. The van der Waals surface area contributed by atoms with E-state index >= 15 is 0 Å². The van der Waals surface area contributed by atoms with Gasteiger partial charge in [-0.05, 0) is 34.7 Å². The van der Waals surface area contributed by atoms with E-state index in [4.69, 9.17) is 10.5 Å². The van der Waals surface area contributed by atoms with Crippen LogP contribution in [0.1, 0.15) is 37.5 Å². The maximum atomic E-state index is 5.77. The number of benzene rings is 2. The van der Waals surface area contributed by atoms with Gasteiger partial charge in [-0.3, -0.25) is 0 Å². The summed E-state index contributed by atoms with van der Waals surface area (Å²) in [5.74, 6) is 1.33. The molecule has 2 aromatic carbocycles. The lowest BCUT2D eigenvalue weighted by Crippen LogP contribution is -2.30. The van der Waals surface area contributed by atoms with Crippen molar-refractivity contribution in [2.75, 3.05) is 7.11 Å². The molecule has 2 aromatic rings. The zero-order chi connectivity index (χ0) is 16.3. The number of hydrogen-bond acceptors (Lipinski definition) is 2. The van der Waals surface area contributed by atoms with Crippen molar-refractivity contribution in [1.82, 2.24) is 0 Å². The van der Waals surface area contributed by atoms with Gasteiger partial charge in [-0.1, -0.05) is 63.7 Å². The van der Waals surface area contributed by atoms with E-state index in [2.05, 4.69) is 51.6 Å². The fourth-order valence-corrected chi connectivity index (χ4v) is 2.80. The molecule has 0 aliphatic carbocycles. The molecule has 0 spiro atoms. The van der Waals surface area contributed by atoms with Crippen molar-refractivity contribution < 1.29 is 4.74 Å². The molecule has 1 atom stereocenters. The van der Waals surface area contributed by atoms with E-state index in [1.165, 1.54) is 11.1 Å². The normalized spacial score (nSPS) is 13.7. The summed E-state index contributed by atoms with van der Waals surface area (Å²) >= 11 is 0. The molecule has 2 heteroatoms. The monoisotopic (exact) mass is 295 g/mol. The fraction of sp³-hybridized carbons (Fsp3) is 0.300. The summed E-state index contributed by atoms with van der Waals surface area (Å²) in [5.41, 5.74) is 9.83. The first-order chi connectivity index (χ1) is 10.4. The van der Waals surface area contributed by atoms with Crippen LogP contribution in [0.15, 0.2) is 55.1 Å². The summed E-state index contributed by atoms with van der Waals surface area (Å²) in [6.07, 6.45) is 0. The van der Waals surface area contributed by atoms with Crippen LogP contribution < -0.4 is 10.5 Å². The Hall–Kier alpha value is -2.22. The molecule has 22 heavy (non-hydrogen) atoms. The van der Waals surface area contributed by atoms with E-state index in [0.29, 0.717) is 11.6 Å². The Morgan fingerprint density at radius 2 is 1.45 bits per heavy atom. The molecule has 116 valence electrons. The van der Waals surface area contributed by atoms with Crippen LogP contribution in [-0.4, -0.2) is 7.11 Å². The first kappa shape index (κ1) is 16.2. The van der Waals surface area contributed by atoms with Crippen molar-refractivity contribution >= 4 is 5.70 Å². The van der Waals surface area contributed by atoms with Crippen molar-refractivity contribution in [3.8, 4) is 5.75 Å². The average molecular weight is 295 g/mol. The maximum Gasteiger partial charge on any atom is 0.118 e. The molecular weight excluding hydrogens is 270 g/mol. The van der Waals surface area contributed by atoms with Crippen LogP contribution in [0.3, 0.4) is 0 Å². The highest BCUT2D eigenvalue weighted by Gasteiger charge is 2.32. The summed E-state index contributed by atoms with van der Waals surface area (Å²) in [6.45, 7) is 10.6. The molecule has 2 N–H and O–H groups in total. The molecule has 0 amide bonds. The summed E-state index contributed by atoms with van der Waals surface area (Å²) in [4.78, 5) is 0. The number of nitrogens with two attached hydrogens (primary N) is 1. The van der Waals surface area contributed by atoms with Crippen LogP contribution >= 0.6 is 0 Å². The summed E-state index contributed by atoms with van der Waals surface area (Å²) in [7, 11) is 1.69. The largest absolute Gasteiger partial charge is 0.497 e. The third-order valence-electron chi connectivity index (χ3n) is 4.70. The second-order valence-corrected chi connectivity index (χ2v) is 6.19. The molecule has 0 bridgehead atoms. The van der Waals surface area contributed by atoms with E-state index in [0.717, 1.165) is 11.3 Å². The minimum absolute atomic E-state index is 0.0687. The van der Waals surface area contributed by atoms with Gasteiger partial charge in [0, 0.05) is 11.1 Å². The SMILES string of the molecule is C=C(N)c1ccc(C(C)(c2ccc(OC)cc2)C(C)C)cc1. The molecule has 0 fully saturated rings. The summed E-state index contributed by atoms with van der Waals surface area (Å²) in [6, 6.07) is 16.7. The second-order valence-electron chi connectivity index (χ2n) is 6.19. The highest BCUT2D eigenvalue weighted by atomic mass is 16.5. The predicted octanol–water partition coefficient (Wildman–Crippen LogP) is 4.59. The molecule has 0 aromatic heterocycles. The Morgan fingerprint density at radius 3 is 1.82 bits per heavy atom. The number of methoxy groups -OCH3 is 1. The average Bonchev–Trinajstić information content (AvgIpc) is 2.54. The van der Waals surface area contributed by atoms with Crippen molar-refractivity contribution in [3.63, 3.8) is 0 Å². The van der Waals surface area contributed by atoms with Gasteiger partial charge in [0.05, 0.1) is 7.11 Å². The Labute approximate surface area is 133 Å². The lowest BCUT2D eigenvalue weighted by Gasteiger charge is -2.35. The van der Waals surface area contributed by atoms with Crippen molar-refractivity contribution in [2.24, 2.45) is 11.7 Å². The topological polar surface area (TPSA) is 35.2 Å². The van der Waals surface area contributed by atoms with Gasteiger partial charge in [0.25, 0.3) is 0 Å². The lowest BCUT2D eigenvalue weighted by molar-refractivity contribution is 0.400. The summed E-state index contributed by atoms with van der Waals surface area (Å²) < 4.78 is 5.27. The number of hydrogen-bond donors (Lipinski definition) is 1. The van der Waals surface area contributed by atoms with E-state index < -0.39 is 0 Å². The molecule has 0 saturated carbocycles. The molecule has 0 saturated heterocycles. The van der Waals surface area contributed by atoms with E-state index in [1.54, 1.807) is 7.11 Å². The highest BCUT2D eigenvalue weighted by molar-refractivity contribution is 5.60. The molecule has 0 aliphatic rings. The van der Waals surface area contributed by atoms with Gasteiger partial charge in [-0.15, -0.1) is 0 Å². The van der Waals surface area contributed by atoms with Gasteiger partial charge in [0.15, 0.2) is 0 Å². The first-order valence-electron chi connectivity index (χ1n) is 7.59. The zero-order valence-corrected chi connectivity index (χ0v) is 13.9. The Balaban J connectivity index is 2.48. The molecular formula is C20H25NO.